The molecular formula is C17H21FN2O. The Balaban J connectivity index is 2.14. The fourth-order valence-corrected chi connectivity index (χ4v) is 2.80. The van der Waals surface area contributed by atoms with E-state index in [-0.39, 0.29) is 11.5 Å². The van der Waals surface area contributed by atoms with Crippen LogP contribution in [-0.2, 0) is 0 Å². The molecule has 0 saturated heterocycles. The van der Waals surface area contributed by atoms with Crippen LogP contribution in [0.4, 0.5) is 4.39 Å². The maximum absolute atomic E-state index is 13.6. The van der Waals surface area contributed by atoms with Crippen molar-refractivity contribution in [2.45, 2.75) is 57.4 Å². The minimum Gasteiger partial charge on any atom is -0.334 e. The fourth-order valence-electron chi connectivity index (χ4n) is 2.80. The molecular weight excluding hydrogens is 267 g/mol. The zero-order valence-corrected chi connectivity index (χ0v) is 12.4. The van der Waals surface area contributed by atoms with Crippen molar-refractivity contribution >= 4 is 5.91 Å². The highest BCUT2D eigenvalue weighted by atomic mass is 19.1. The number of carbonyl (C=O) groups is 1. The van der Waals surface area contributed by atoms with Gasteiger partial charge in [-0.05, 0) is 37.5 Å². The van der Waals surface area contributed by atoms with Gasteiger partial charge in [0.25, 0.3) is 5.91 Å². The highest BCUT2D eigenvalue weighted by Gasteiger charge is 2.32. The van der Waals surface area contributed by atoms with Crippen molar-refractivity contribution in [1.29, 1.82) is 5.26 Å². The third-order valence-electron chi connectivity index (χ3n) is 4.21. The van der Waals surface area contributed by atoms with E-state index in [4.69, 9.17) is 0 Å². The summed E-state index contributed by atoms with van der Waals surface area (Å²) in [7, 11) is 0. The van der Waals surface area contributed by atoms with Crippen LogP contribution in [0.5, 0.6) is 0 Å². The molecule has 2 rings (SSSR count). The van der Waals surface area contributed by atoms with Crippen molar-refractivity contribution in [2.75, 3.05) is 0 Å². The maximum Gasteiger partial charge on any atom is 0.252 e. The molecule has 1 aromatic rings. The van der Waals surface area contributed by atoms with Crippen molar-refractivity contribution in [1.82, 2.24) is 5.32 Å². The Labute approximate surface area is 125 Å². The van der Waals surface area contributed by atoms with Crippen molar-refractivity contribution in [2.24, 2.45) is 0 Å². The summed E-state index contributed by atoms with van der Waals surface area (Å²) in [6.45, 7) is 1.66. The lowest BCUT2D eigenvalue weighted by Crippen LogP contribution is -2.47. The molecule has 0 aliphatic heterocycles. The first-order chi connectivity index (χ1) is 10.1. The van der Waals surface area contributed by atoms with E-state index >= 15 is 0 Å². The maximum atomic E-state index is 13.6. The molecule has 0 atom stereocenters. The van der Waals surface area contributed by atoms with Gasteiger partial charge in [0, 0.05) is 5.56 Å². The summed E-state index contributed by atoms with van der Waals surface area (Å²) in [6.07, 6.45) is 6.61. The second kappa shape index (κ2) is 6.71. The SMILES string of the molecule is Cc1ccc(C(=O)NC2(C#N)CCCCCCC2)cc1F. The van der Waals surface area contributed by atoms with Crippen LogP contribution in [0.15, 0.2) is 18.2 Å². The van der Waals surface area contributed by atoms with Gasteiger partial charge in [-0.1, -0.05) is 38.2 Å². The fraction of sp³-hybridized carbons (Fsp3) is 0.529. The van der Waals surface area contributed by atoms with E-state index in [0.29, 0.717) is 18.4 Å². The number of rotatable bonds is 2. The number of aryl methyl sites for hydroxylation is 1. The number of amides is 1. The number of halogens is 1. The van der Waals surface area contributed by atoms with Gasteiger partial charge in [0.2, 0.25) is 0 Å². The Morgan fingerprint density at radius 2 is 1.86 bits per heavy atom. The molecule has 4 heteroatoms. The molecule has 1 aliphatic carbocycles. The molecule has 1 fully saturated rings. The Morgan fingerprint density at radius 3 is 2.43 bits per heavy atom. The van der Waals surface area contributed by atoms with Crippen LogP contribution in [0.1, 0.15) is 60.9 Å². The summed E-state index contributed by atoms with van der Waals surface area (Å²) >= 11 is 0. The van der Waals surface area contributed by atoms with Gasteiger partial charge in [0.15, 0.2) is 0 Å². The van der Waals surface area contributed by atoms with Crippen LogP contribution in [0.25, 0.3) is 0 Å². The highest BCUT2D eigenvalue weighted by Crippen LogP contribution is 2.26. The number of hydrogen-bond acceptors (Lipinski definition) is 2. The van der Waals surface area contributed by atoms with E-state index in [2.05, 4.69) is 11.4 Å². The average Bonchev–Trinajstić information content (AvgIpc) is 2.45. The van der Waals surface area contributed by atoms with Gasteiger partial charge in [-0.15, -0.1) is 0 Å². The molecule has 112 valence electrons. The van der Waals surface area contributed by atoms with E-state index in [0.717, 1.165) is 25.7 Å². The van der Waals surface area contributed by atoms with Gasteiger partial charge in [0.1, 0.15) is 11.4 Å². The molecule has 1 saturated carbocycles. The van der Waals surface area contributed by atoms with E-state index < -0.39 is 11.4 Å². The molecule has 0 spiro atoms. The van der Waals surface area contributed by atoms with E-state index in [9.17, 15) is 14.4 Å². The minimum absolute atomic E-state index is 0.273. The molecule has 1 N–H and O–H groups in total. The van der Waals surface area contributed by atoms with Crippen molar-refractivity contribution < 1.29 is 9.18 Å². The molecule has 1 amide bonds. The summed E-state index contributed by atoms with van der Waals surface area (Å²) in [6, 6.07) is 6.70. The lowest BCUT2D eigenvalue weighted by Gasteiger charge is -2.29. The summed E-state index contributed by atoms with van der Waals surface area (Å²) in [5.41, 5.74) is -0.0268. The first-order valence-electron chi connectivity index (χ1n) is 7.56. The van der Waals surface area contributed by atoms with Crippen LogP contribution >= 0.6 is 0 Å². The van der Waals surface area contributed by atoms with E-state index in [1.807, 2.05) is 0 Å². The van der Waals surface area contributed by atoms with Crippen LogP contribution in [-0.4, -0.2) is 11.4 Å². The minimum atomic E-state index is -0.807. The molecule has 0 aromatic heterocycles. The number of benzene rings is 1. The van der Waals surface area contributed by atoms with Crippen LogP contribution in [0.2, 0.25) is 0 Å². The largest absolute Gasteiger partial charge is 0.334 e. The molecule has 1 aromatic carbocycles. The number of nitrogens with one attached hydrogen (secondary N) is 1. The third kappa shape index (κ3) is 3.81. The standard InChI is InChI=1S/C17H21FN2O/c1-13-7-8-14(11-15(13)18)16(21)20-17(12-19)9-5-3-2-4-6-10-17/h7-8,11H,2-6,9-10H2,1H3,(H,20,21). The molecule has 0 unspecified atom stereocenters. The Bertz CT molecular complexity index is 554. The Morgan fingerprint density at radius 1 is 1.24 bits per heavy atom. The van der Waals surface area contributed by atoms with Crippen LogP contribution in [0, 0.1) is 24.1 Å². The molecule has 0 heterocycles. The lowest BCUT2D eigenvalue weighted by atomic mass is 9.85. The normalized spacial score (nSPS) is 18.1. The van der Waals surface area contributed by atoms with E-state index in [1.54, 1.807) is 19.1 Å². The van der Waals surface area contributed by atoms with Gasteiger partial charge in [0.05, 0.1) is 6.07 Å². The quantitative estimate of drug-likeness (QED) is 0.898. The molecule has 0 bridgehead atoms. The summed E-state index contributed by atoms with van der Waals surface area (Å²) < 4.78 is 13.6. The predicted octanol–water partition coefficient (Wildman–Crippen LogP) is 3.87. The first-order valence-corrected chi connectivity index (χ1v) is 7.56. The zero-order chi connectivity index (χ0) is 15.3. The van der Waals surface area contributed by atoms with Gasteiger partial charge in [-0.2, -0.15) is 5.26 Å². The summed E-state index contributed by atoms with van der Waals surface area (Å²) in [5, 5.41) is 12.4. The number of nitriles is 1. The average molecular weight is 288 g/mol. The number of nitrogens with zero attached hydrogens (tertiary/aromatic N) is 1. The van der Waals surface area contributed by atoms with Crippen molar-refractivity contribution in [3.05, 3.63) is 35.1 Å². The number of hydrogen-bond donors (Lipinski definition) is 1. The van der Waals surface area contributed by atoms with Gasteiger partial charge >= 0.3 is 0 Å². The summed E-state index contributed by atoms with van der Waals surface area (Å²) in [4.78, 5) is 12.3. The molecule has 0 radical (unpaired) electrons. The molecule has 1 aliphatic rings. The van der Waals surface area contributed by atoms with Gasteiger partial charge in [-0.3, -0.25) is 4.79 Å². The second-order valence-electron chi connectivity index (χ2n) is 5.88. The Kier molecular flexibility index (Phi) is 4.95. The smallest absolute Gasteiger partial charge is 0.252 e. The molecule has 21 heavy (non-hydrogen) atoms. The zero-order valence-electron chi connectivity index (χ0n) is 12.4. The highest BCUT2D eigenvalue weighted by molar-refractivity contribution is 5.95. The van der Waals surface area contributed by atoms with E-state index in [1.165, 1.54) is 12.5 Å². The van der Waals surface area contributed by atoms with Crippen LogP contribution < -0.4 is 5.32 Å². The summed E-state index contributed by atoms with van der Waals surface area (Å²) in [5.74, 6) is -0.762. The second-order valence-corrected chi connectivity index (χ2v) is 5.88. The van der Waals surface area contributed by atoms with Gasteiger partial charge < -0.3 is 5.32 Å². The van der Waals surface area contributed by atoms with Crippen molar-refractivity contribution in [3.8, 4) is 6.07 Å². The predicted molar refractivity (Wildman–Crippen MR) is 79.3 cm³/mol. The van der Waals surface area contributed by atoms with Crippen molar-refractivity contribution in [3.63, 3.8) is 0 Å². The molecule has 3 nitrogen and oxygen atoms in total. The van der Waals surface area contributed by atoms with Gasteiger partial charge in [-0.25, -0.2) is 4.39 Å². The number of carbonyl (C=O) groups excluding carboxylic acids is 1. The first kappa shape index (κ1) is 15.5. The monoisotopic (exact) mass is 288 g/mol. The van der Waals surface area contributed by atoms with Crippen LogP contribution in [0.3, 0.4) is 0 Å². The topological polar surface area (TPSA) is 52.9 Å². The third-order valence-corrected chi connectivity index (χ3v) is 4.21. The lowest BCUT2D eigenvalue weighted by molar-refractivity contribution is 0.0907. The Hall–Kier alpha value is -1.89.